The van der Waals surface area contributed by atoms with Crippen molar-refractivity contribution in [3.8, 4) is 0 Å². The maximum atomic E-state index is 11.7. The molecule has 2 atom stereocenters. The molecule has 6 nitrogen and oxygen atoms in total. The van der Waals surface area contributed by atoms with Gasteiger partial charge in [-0.1, -0.05) is 12.2 Å². The summed E-state index contributed by atoms with van der Waals surface area (Å²) in [6.07, 6.45) is 8.13. The highest BCUT2D eigenvalue weighted by atomic mass is 16.5. The number of nitrogens with one attached hydrogen (secondary N) is 3. The van der Waals surface area contributed by atoms with Crippen LogP contribution in [0.25, 0.3) is 0 Å². The number of hydrogen-bond acceptors (Lipinski definition) is 6. The van der Waals surface area contributed by atoms with Gasteiger partial charge in [-0.15, -0.1) is 0 Å². The second-order valence-electron chi connectivity index (χ2n) is 6.23. The van der Waals surface area contributed by atoms with E-state index >= 15 is 0 Å². The van der Waals surface area contributed by atoms with Crippen molar-refractivity contribution in [2.45, 2.75) is 64.3 Å². The van der Waals surface area contributed by atoms with Crippen molar-refractivity contribution >= 4 is 5.97 Å². The molecule has 0 rings (SSSR count). The molecule has 0 aromatic carbocycles. The first kappa shape index (κ1) is 22.6. The van der Waals surface area contributed by atoms with Crippen molar-refractivity contribution in [2.24, 2.45) is 0 Å². The van der Waals surface area contributed by atoms with Gasteiger partial charge in [-0.25, -0.2) is 0 Å². The SMILES string of the molecule is CNC(C)=CCCC(CC=CC(O)(CC(=O)OC(C)C)NC)NC. The van der Waals surface area contributed by atoms with Crippen LogP contribution in [0, 0.1) is 0 Å². The van der Waals surface area contributed by atoms with Crippen LogP contribution in [0.4, 0.5) is 0 Å². The highest BCUT2D eigenvalue weighted by Gasteiger charge is 2.26. The van der Waals surface area contributed by atoms with Crippen LogP contribution in [0.5, 0.6) is 0 Å². The van der Waals surface area contributed by atoms with E-state index in [0.717, 1.165) is 25.0 Å². The van der Waals surface area contributed by atoms with Gasteiger partial charge in [0.05, 0.1) is 12.5 Å². The van der Waals surface area contributed by atoms with E-state index in [-0.39, 0.29) is 12.5 Å². The Hall–Kier alpha value is -1.37. The first-order valence-corrected chi connectivity index (χ1v) is 8.56. The molecule has 0 heterocycles. The molecule has 0 radical (unpaired) electrons. The number of carbonyl (C=O) groups excluding carboxylic acids is 1. The normalized spacial score (nSPS) is 16.2. The van der Waals surface area contributed by atoms with Gasteiger partial charge in [0.25, 0.3) is 0 Å². The highest BCUT2D eigenvalue weighted by Crippen LogP contribution is 2.12. The van der Waals surface area contributed by atoms with Gasteiger partial charge in [-0.2, -0.15) is 0 Å². The van der Waals surface area contributed by atoms with Crippen LogP contribution in [-0.2, 0) is 9.53 Å². The second kappa shape index (κ2) is 12.1. The van der Waals surface area contributed by atoms with Crippen molar-refractivity contribution < 1.29 is 14.6 Å². The second-order valence-corrected chi connectivity index (χ2v) is 6.23. The standard InChI is InChI=1S/C18H35N3O3/c1-14(2)24-17(22)13-18(23,21-6)12-8-11-16(20-5)10-7-9-15(3)19-4/h8-9,12,14,16,19-21,23H,7,10-11,13H2,1-6H3. The maximum Gasteiger partial charge on any atom is 0.310 e. The van der Waals surface area contributed by atoms with Crippen molar-refractivity contribution in [3.05, 3.63) is 23.9 Å². The molecule has 4 N–H and O–H groups in total. The zero-order chi connectivity index (χ0) is 18.6. The van der Waals surface area contributed by atoms with Crippen molar-refractivity contribution in [3.63, 3.8) is 0 Å². The molecule has 0 aliphatic heterocycles. The number of likely N-dealkylation sites (N-methyl/N-ethyl adjacent to an activating group) is 1. The minimum absolute atomic E-state index is 0.119. The molecule has 0 amide bonds. The molecule has 2 unspecified atom stereocenters. The number of esters is 1. The molecule has 0 bridgehead atoms. The molecule has 0 aromatic heterocycles. The number of carbonyl (C=O) groups is 1. The van der Waals surface area contributed by atoms with E-state index in [2.05, 4.69) is 22.0 Å². The van der Waals surface area contributed by atoms with Crippen LogP contribution in [0.1, 0.15) is 46.5 Å². The number of ether oxygens (including phenoxy) is 1. The maximum absolute atomic E-state index is 11.7. The van der Waals surface area contributed by atoms with Crippen molar-refractivity contribution in [1.29, 1.82) is 0 Å². The van der Waals surface area contributed by atoms with Crippen LogP contribution < -0.4 is 16.0 Å². The van der Waals surface area contributed by atoms with Crippen molar-refractivity contribution in [2.75, 3.05) is 21.1 Å². The highest BCUT2D eigenvalue weighted by molar-refractivity contribution is 5.71. The van der Waals surface area contributed by atoms with Gasteiger partial charge in [0.15, 0.2) is 0 Å². The summed E-state index contributed by atoms with van der Waals surface area (Å²) in [4.78, 5) is 11.7. The summed E-state index contributed by atoms with van der Waals surface area (Å²) in [5.41, 5.74) is -0.221. The van der Waals surface area contributed by atoms with E-state index in [4.69, 9.17) is 4.74 Å². The molecule has 6 heteroatoms. The first-order chi connectivity index (χ1) is 11.3. The van der Waals surface area contributed by atoms with Crippen LogP contribution >= 0.6 is 0 Å². The third-order valence-corrected chi connectivity index (χ3v) is 3.80. The Morgan fingerprint density at radius 2 is 1.96 bits per heavy atom. The summed E-state index contributed by atoms with van der Waals surface area (Å²) in [5, 5.41) is 19.6. The Balaban J connectivity index is 4.50. The predicted octanol–water partition coefficient (Wildman–Crippen LogP) is 1.67. The molecular formula is C18H35N3O3. The lowest BCUT2D eigenvalue weighted by Crippen LogP contribution is -2.43. The Labute approximate surface area is 146 Å². The van der Waals surface area contributed by atoms with E-state index in [0.29, 0.717) is 6.04 Å². The third kappa shape index (κ3) is 10.4. The zero-order valence-corrected chi connectivity index (χ0v) is 16.0. The van der Waals surface area contributed by atoms with E-state index < -0.39 is 11.7 Å². The largest absolute Gasteiger partial charge is 0.463 e. The van der Waals surface area contributed by atoms with Crippen LogP contribution in [-0.4, -0.2) is 50.1 Å². The molecule has 0 saturated carbocycles. The minimum atomic E-state index is -1.38. The van der Waals surface area contributed by atoms with E-state index in [9.17, 15) is 9.90 Å². The molecule has 0 saturated heterocycles. The summed E-state index contributed by atoms with van der Waals surface area (Å²) >= 11 is 0. The average molecular weight is 341 g/mol. The lowest BCUT2D eigenvalue weighted by atomic mass is 10.0. The van der Waals surface area contributed by atoms with Crippen LogP contribution in [0.15, 0.2) is 23.9 Å². The molecule has 24 heavy (non-hydrogen) atoms. The Morgan fingerprint density at radius 3 is 2.46 bits per heavy atom. The Morgan fingerprint density at radius 1 is 1.29 bits per heavy atom. The van der Waals surface area contributed by atoms with Crippen LogP contribution in [0.2, 0.25) is 0 Å². The van der Waals surface area contributed by atoms with Gasteiger partial charge in [0.2, 0.25) is 0 Å². The average Bonchev–Trinajstić information content (AvgIpc) is 2.52. The molecule has 0 aromatic rings. The van der Waals surface area contributed by atoms with Crippen molar-refractivity contribution in [1.82, 2.24) is 16.0 Å². The van der Waals surface area contributed by atoms with Gasteiger partial charge in [0, 0.05) is 18.8 Å². The number of aliphatic hydroxyl groups is 1. The minimum Gasteiger partial charge on any atom is -0.463 e. The van der Waals surface area contributed by atoms with E-state index in [1.807, 2.05) is 27.1 Å². The molecule has 0 fully saturated rings. The number of allylic oxidation sites excluding steroid dienone is 2. The van der Waals surface area contributed by atoms with E-state index in [1.54, 1.807) is 27.0 Å². The number of rotatable bonds is 12. The van der Waals surface area contributed by atoms with Crippen LogP contribution in [0.3, 0.4) is 0 Å². The fourth-order valence-electron chi connectivity index (χ4n) is 2.17. The molecule has 0 spiro atoms. The van der Waals surface area contributed by atoms with Gasteiger partial charge >= 0.3 is 5.97 Å². The Kier molecular flexibility index (Phi) is 11.4. The third-order valence-electron chi connectivity index (χ3n) is 3.80. The summed E-state index contributed by atoms with van der Waals surface area (Å²) in [5.74, 6) is -0.427. The molecule has 0 aliphatic carbocycles. The quantitative estimate of drug-likeness (QED) is 0.246. The monoisotopic (exact) mass is 341 g/mol. The summed E-state index contributed by atoms with van der Waals surface area (Å²) in [6, 6.07) is 0.311. The Bertz CT molecular complexity index is 422. The summed E-state index contributed by atoms with van der Waals surface area (Å²) < 4.78 is 5.08. The topological polar surface area (TPSA) is 82.6 Å². The smallest absolute Gasteiger partial charge is 0.310 e. The van der Waals surface area contributed by atoms with Gasteiger partial charge in [0.1, 0.15) is 5.72 Å². The lowest BCUT2D eigenvalue weighted by Gasteiger charge is -2.24. The van der Waals surface area contributed by atoms with Gasteiger partial charge < -0.3 is 20.5 Å². The first-order valence-electron chi connectivity index (χ1n) is 8.56. The fraction of sp³-hybridized carbons (Fsp3) is 0.722. The fourth-order valence-corrected chi connectivity index (χ4v) is 2.17. The number of hydrogen-bond donors (Lipinski definition) is 4. The predicted molar refractivity (Wildman–Crippen MR) is 98.5 cm³/mol. The van der Waals surface area contributed by atoms with Gasteiger partial charge in [-0.05, 0) is 60.2 Å². The summed E-state index contributed by atoms with van der Waals surface area (Å²) in [6.45, 7) is 5.61. The zero-order valence-electron chi connectivity index (χ0n) is 16.0. The molecule has 0 aliphatic rings. The van der Waals surface area contributed by atoms with E-state index in [1.165, 1.54) is 0 Å². The summed E-state index contributed by atoms with van der Waals surface area (Å²) in [7, 11) is 5.46. The lowest BCUT2D eigenvalue weighted by molar-refractivity contribution is -0.152. The molecule has 140 valence electrons. The molecular weight excluding hydrogens is 306 g/mol. The van der Waals surface area contributed by atoms with Gasteiger partial charge in [-0.3, -0.25) is 10.1 Å².